The van der Waals surface area contributed by atoms with Gasteiger partial charge in [0.1, 0.15) is 5.82 Å². The largest absolute Gasteiger partial charge is 0.462 e. The zero-order valence-corrected chi connectivity index (χ0v) is 12.5. The predicted octanol–water partition coefficient (Wildman–Crippen LogP) is 3.43. The fourth-order valence-electron chi connectivity index (χ4n) is 4.18. The Hall–Kier alpha value is -1.45. The summed E-state index contributed by atoms with van der Waals surface area (Å²) in [5.41, 5.74) is 1.53. The molecule has 2 bridgehead atoms. The molecule has 1 aromatic heterocycles. The Balaban J connectivity index is 1.64. The normalized spacial score (nSPS) is 30.6. The van der Waals surface area contributed by atoms with Gasteiger partial charge in [-0.15, -0.1) is 0 Å². The molecule has 0 aliphatic heterocycles. The molecular formula is C17H22N2O2. The van der Waals surface area contributed by atoms with E-state index in [1.165, 1.54) is 25.7 Å². The molecule has 1 aromatic rings. The van der Waals surface area contributed by atoms with E-state index in [1.54, 1.807) is 6.20 Å². The van der Waals surface area contributed by atoms with Crippen LogP contribution in [0.4, 0.5) is 0 Å². The molecule has 0 saturated heterocycles. The summed E-state index contributed by atoms with van der Waals surface area (Å²) < 4.78 is 5.14. The van der Waals surface area contributed by atoms with Gasteiger partial charge in [0.05, 0.1) is 17.9 Å². The summed E-state index contributed by atoms with van der Waals surface area (Å²) in [5.74, 6) is 3.35. The van der Waals surface area contributed by atoms with Gasteiger partial charge in [-0.05, 0) is 50.9 Å². The minimum Gasteiger partial charge on any atom is -0.462 e. The monoisotopic (exact) mass is 286 g/mol. The summed E-state index contributed by atoms with van der Waals surface area (Å²) in [5, 5.41) is 0. The summed E-state index contributed by atoms with van der Waals surface area (Å²) in [7, 11) is 0. The molecule has 0 radical (unpaired) electrons. The molecule has 4 nitrogen and oxygen atoms in total. The fourth-order valence-corrected chi connectivity index (χ4v) is 4.18. The van der Waals surface area contributed by atoms with Crippen LogP contribution >= 0.6 is 0 Å². The molecule has 3 unspecified atom stereocenters. The standard InChI is InChI=1S/C17H22N2O2/c1-2-21-17(20)14-9-18-16(19-15(14)11-5-6-11)13-8-10-3-4-12(13)7-10/h9-13H,2-8H2,1H3. The van der Waals surface area contributed by atoms with Gasteiger partial charge in [-0.3, -0.25) is 0 Å². The van der Waals surface area contributed by atoms with Crippen LogP contribution in [0.2, 0.25) is 0 Å². The van der Waals surface area contributed by atoms with Gasteiger partial charge >= 0.3 is 5.97 Å². The van der Waals surface area contributed by atoms with Crippen molar-refractivity contribution in [1.82, 2.24) is 9.97 Å². The molecule has 0 amide bonds. The van der Waals surface area contributed by atoms with E-state index < -0.39 is 0 Å². The van der Waals surface area contributed by atoms with E-state index in [0.717, 1.165) is 36.2 Å². The SMILES string of the molecule is CCOC(=O)c1cnc(C2CC3CCC2C3)nc1C1CC1. The zero-order chi connectivity index (χ0) is 14.4. The van der Waals surface area contributed by atoms with Crippen molar-refractivity contribution >= 4 is 5.97 Å². The number of rotatable bonds is 4. The highest BCUT2D eigenvalue weighted by Gasteiger charge is 2.42. The lowest BCUT2D eigenvalue weighted by Crippen LogP contribution is -2.16. The molecule has 3 fully saturated rings. The van der Waals surface area contributed by atoms with Crippen LogP contribution in [0.25, 0.3) is 0 Å². The van der Waals surface area contributed by atoms with Crippen molar-refractivity contribution in [2.24, 2.45) is 11.8 Å². The van der Waals surface area contributed by atoms with Crippen LogP contribution in [-0.2, 0) is 4.74 Å². The highest BCUT2D eigenvalue weighted by molar-refractivity contribution is 5.90. The van der Waals surface area contributed by atoms with Gasteiger partial charge in [0.15, 0.2) is 0 Å². The molecular weight excluding hydrogens is 264 g/mol. The van der Waals surface area contributed by atoms with E-state index in [2.05, 4.69) is 4.98 Å². The molecule has 3 atom stereocenters. The molecule has 0 spiro atoms. The van der Waals surface area contributed by atoms with Gasteiger partial charge in [0.2, 0.25) is 0 Å². The van der Waals surface area contributed by atoms with Crippen molar-refractivity contribution in [2.75, 3.05) is 6.61 Å². The number of esters is 1. The van der Waals surface area contributed by atoms with E-state index >= 15 is 0 Å². The third-order valence-electron chi connectivity index (χ3n) is 5.37. The summed E-state index contributed by atoms with van der Waals surface area (Å²) >= 11 is 0. The molecule has 4 rings (SSSR count). The molecule has 1 heterocycles. The number of ether oxygens (including phenoxy) is 1. The van der Waals surface area contributed by atoms with Crippen molar-refractivity contribution in [3.05, 3.63) is 23.3 Å². The minimum absolute atomic E-state index is 0.265. The number of aromatic nitrogens is 2. The molecule has 112 valence electrons. The third-order valence-corrected chi connectivity index (χ3v) is 5.37. The number of fused-ring (bicyclic) bond motifs is 2. The Kier molecular flexibility index (Phi) is 3.20. The molecule has 21 heavy (non-hydrogen) atoms. The topological polar surface area (TPSA) is 52.1 Å². The van der Waals surface area contributed by atoms with Crippen LogP contribution in [0.3, 0.4) is 0 Å². The quantitative estimate of drug-likeness (QED) is 0.796. The number of carbonyl (C=O) groups is 1. The third kappa shape index (κ3) is 2.34. The first kappa shape index (κ1) is 13.2. The molecule has 0 aromatic carbocycles. The van der Waals surface area contributed by atoms with E-state index in [1.807, 2.05) is 6.92 Å². The summed E-state index contributed by atoms with van der Waals surface area (Å²) in [6, 6.07) is 0. The maximum absolute atomic E-state index is 12.1. The molecule has 4 heteroatoms. The average molecular weight is 286 g/mol. The highest BCUT2D eigenvalue weighted by atomic mass is 16.5. The van der Waals surface area contributed by atoms with Crippen molar-refractivity contribution < 1.29 is 9.53 Å². The fraction of sp³-hybridized carbons (Fsp3) is 0.706. The van der Waals surface area contributed by atoms with E-state index in [0.29, 0.717) is 24.0 Å². The second-order valence-electron chi connectivity index (χ2n) is 6.80. The second kappa shape index (κ2) is 5.08. The maximum Gasteiger partial charge on any atom is 0.341 e. The number of hydrogen-bond donors (Lipinski definition) is 0. The first-order valence-corrected chi connectivity index (χ1v) is 8.30. The lowest BCUT2D eigenvalue weighted by molar-refractivity contribution is 0.0523. The highest BCUT2D eigenvalue weighted by Crippen LogP contribution is 2.52. The van der Waals surface area contributed by atoms with Gasteiger partial charge in [0.25, 0.3) is 0 Å². The number of hydrogen-bond acceptors (Lipinski definition) is 4. The van der Waals surface area contributed by atoms with Crippen molar-refractivity contribution in [1.29, 1.82) is 0 Å². The minimum atomic E-state index is -0.265. The zero-order valence-electron chi connectivity index (χ0n) is 12.5. The first-order valence-electron chi connectivity index (χ1n) is 8.30. The van der Waals surface area contributed by atoms with Crippen molar-refractivity contribution in [3.8, 4) is 0 Å². The Bertz CT molecular complexity index is 568. The molecule has 3 aliphatic carbocycles. The maximum atomic E-state index is 12.1. The Labute approximate surface area is 125 Å². The van der Waals surface area contributed by atoms with Crippen LogP contribution in [0, 0.1) is 11.8 Å². The van der Waals surface area contributed by atoms with Gasteiger partial charge in [0, 0.05) is 18.0 Å². The predicted molar refractivity (Wildman–Crippen MR) is 78.2 cm³/mol. The molecule has 3 saturated carbocycles. The van der Waals surface area contributed by atoms with Gasteiger partial charge in [-0.2, -0.15) is 0 Å². The molecule has 3 aliphatic rings. The van der Waals surface area contributed by atoms with Crippen LogP contribution in [0.5, 0.6) is 0 Å². The lowest BCUT2D eigenvalue weighted by atomic mass is 9.88. The van der Waals surface area contributed by atoms with Gasteiger partial charge < -0.3 is 4.74 Å². The van der Waals surface area contributed by atoms with Gasteiger partial charge in [-0.25, -0.2) is 14.8 Å². The van der Waals surface area contributed by atoms with Crippen LogP contribution in [0.1, 0.15) is 79.2 Å². The summed E-state index contributed by atoms with van der Waals surface area (Å²) in [6.45, 7) is 2.23. The Morgan fingerprint density at radius 2 is 2.14 bits per heavy atom. The van der Waals surface area contributed by atoms with Gasteiger partial charge in [-0.1, -0.05) is 6.42 Å². The van der Waals surface area contributed by atoms with Crippen LogP contribution in [-0.4, -0.2) is 22.5 Å². The first-order chi connectivity index (χ1) is 10.3. The van der Waals surface area contributed by atoms with Crippen molar-refractivity contribution in [2.45, 2.75) is 57.3 Å². The Morgan fingerprint density at radius 1 is 1.29 bits per heavy atom. The Morgan fingerprint density at radius 3 is 2.76 bits per heavy atom. The average Bonchev–Trinajstić information content (AvgIpc) is 3.14. The van der Waals surface area contributed by atoms with E-state index in [-0.39, 0.29) is 5.97 Å². The molecule has 0 N–H and O–H groups in total. The lowest BCUT2D eigenvalue weighted by Gasteiger charge is -2.21. The summed E-state index contributed by atoms with van der Waals surface area (Å²) in [6.07, 6.45) is 9.31. The second-order valence-corrected chi connectivity index (χ2v) is 6.80. The van der Waals surface area contributed by atoms with Crippen LogP contribution < -0.4 is 0 Å². The summed E-state index contributed by atoms with van der Waals surface area (Å²) in [4.78, 5) is 21.4. The van der Waals surface area contributed by atoms with E-state index in [9.17, 15) is 4.79 Å². The number of nitrogens with zero attached hydrogens (tertiary/aromatic N) is 2. The van der Waals surface area contributed by atoms with E-state index in [4.69, 9.17) is 9.72 Å². The van der Waals surface area contributed by atoms with Crippen molar-refractivity contribution in [3.63, 3.8) is 0 Å². The smallest absolute Gasteiger partial charge is 0.341 e. The van der Waals surface area contributed by atoms with Crippen LogP contribution in [0.15, 0.2) is 6.20 Å². The number of carbonyl (C=O) groups excluding carboxylic acids is 1.